The highest BCUT2D eigenvalue weighted by Gasteiger charge is 2.30. The lowest BCUT2D eigenvalue weighted by Crippen LogP contribution is -2.57. The van der Waals surface area contributed by atoms with Gasteiger partial charge in [-0.15, -0.1) is 0 Å². The Morgan fingerprint density at radius 2 is 1.88 bits per heavy atom. The monoisotopic (exact) mass is 361 g/mol. The number of nitrogens with one attached hydrogen (secondary N) is 1. The summed E-state index contributed by atoms with van der Waals surface area (Å²) in [6.07, 6.45) is 7.86. The van der Waals surface area contributed by atoms with E-state index in [1.165, 1.54) is 0 Å². The molecule has 0 bridgehead atoms. The number of aromatic nitrogens is 2. The number of nitrogens with zero attached hydrogens (tertiary/aromatic N) is 6. The smallest absolute Gasteiger partial charge is 0.239 e. The van der Waals surface area contributed by atoms with E-state index in [0.717, 1.165) is 71.2 Å². The number of hydrogen-bond donors (Lipinski definition) is 1. The van der Waals surface area contributed by atoms with Crippen molar-refractivity contribution in [1.82, 2.24) is 29.6 Å². The standard InChI is InChI=1S/C18H31N7O/c1-16(17(26)24-7-3-4-8-24)23-11-13-25(14-12-23)18(19-2)21-6-10-22-9-5-20-15-22/h5,9,15-16H,3-4,6-8,10-14H2,1-2H3,(H,19,21). The quantitative estimate of drug-likeness (QED) is 0.595. The molecule has 3 heterocycles. The number of imidazole rings is 1. The molecule has 2 aliphatic heterocycles. The van der Waals surface area contributed by atoms with Crippen LogP contribution in [0.2, 0.25) is 0 Å². The van der Waals surface area contributed by atoms with Crippen LogP contribution >= 0.6 is 0 Å². The maximum Gasteiger partial charge on any atom is 0.239 e. The van der Waals surface area contributed by atoms with Crippen LogP contribution in [0.3, 0.4) is 0 Å². The summed E-state index contributed by atoms with van der Waals surface area (Å²) in [5.41, 5.74) is 0. The minimum absolute atomic E-state index is 0.0218. The summed E-state index contributed by atoms with van der Waals surface area (Å²) in [5.74, 6) is 1.22. The van der Waals surface area contributed by atoms with Gasteiger partial charge >= 0.3 is 0 Å². The number of likely N-dealkylation sites (tertiary alicyclic amines) is 1. The van der Waals surface area contributed by atoms with Gasteiger partial charge in [0.15, 0.2) is 5.96 Å². The van der Waals surface area contributed by atoms with Gasteiger partial charge in [0, 0.05) is 71.8 Å². The zero-order chi connectivity index (χ0) is 18.4. The minimum Gasteiger partial charge on any atom is -0.354 e. The van der Waals surface area contributed by atoms with Crippen molar-refractivity contribution >= 4 is 11.9 Å². The topological polar surface area (TPSA) is 69.0 Å². The van der Waals surface area contributed by atoms with Crippen LogP contribution in [0.4, 0.5) is 0 Å². The molecule has 1 aromatic heterocycles. The molecule has 1 atom stereocenters. The summed E-state index contributed by atoms with van der Waals surface area (Å²) in [5, 5.41) is 3.42. The Hall–Kier alpha value is -2.09. The molecule has 2 fully saturated rings. The number of hydrogen-bond acceptors (Lipinski definition) is 4. The molecule has 0 aromatic carbocycles. The molecule has 1 amide bonds. The third kappa shape index (κ3) is 4.55. The van der Waals surface area contributed by atoms with Crippen LogP contribution in [0.5, 0.6) is 0 Å². The molecule has 0 spiro atoms. The first-order valence-corrected chi connectivity index (χ1v) is 9.63. The third-order valence-corrected chi connectivity index (χ3v) is 5.36. The molecule has 0 saturated carbocycles. The Kier molecular flexibility index (Phi) is 6.49. The SMILES string of the molecule is CN=C(NCCn1ccnc1)N1CCN(C(C)C(=O)N2CCCC2)CC1. The Bertz CT molecular complexity index is 587. The van der Waals surface area contributed by atoms with E-state index in [0.29, 0.717) is 5.91 Å². The molecule has 8 heteroatoms. The normalized spacial score (nSPS) is 20.5. The van der Waals surface area contributed by atoms with Gasteiger partial charge in [-0.3, -0.25) is 14.7 Å². The molecule has 1 aromatic rings. The van der Waals surface area contributed by atoms with Crippen LogP contribution < -0.4 is 5.32 Å². The first-order chi connectivity index (χ1) is 12.7. The van der Waals surface area contributed by atoms with Crippen molar-refractivity contribution < 1.29 is 4.79 Å². The molecule has 1 N–H and O–H groups in total. The molecule has 0 radical (unpaired) electrons. The lowest BCUT2D eigenvalue weighted by Gasteiger charge is -2.39. The highest BCUT2D eigenvalue weighted by Crippen LogP contribution is 2.14. The van der Waals surface area contributed by atoms with Crippen LogP contribution in [-0.2, 0) is 11.3 Å². The zero-order valence-electron chi connectivity index (χ0n) is 16.0. The summed E-state index contributed by atoms with van der Waals surface area (Å²) >= 11 is 0. The first kappa shape index (κ1) is 18.7. The van der Waals surface area contributed by atoms with Crippen molar-refractivity contribution in [3.63, 3.8) is 0 Å². The van der Waals surface area contributed by atoms with Crippen LogP contribution in [0.15, 0.2) is 23.7 Å². The van der Waals surface area contributed by atoms with E-state index in [-0.39, 0.29) is 6.04 Å². The molecule has 8 nitrogen and oxygen atoms in total. The average Bonchev–Trinajstić information content (AvgIpc) is 3.38. The Balaban J connectivity index is 1.43. The zero-order valence-corrected chi connectivity index (χ0v) is 16.0. The highest BCUT2D eigenvalue weighted by molar-refractivity contribution is 5.82. The van der Waals surface area contributed by atoms with Crippen molar-refractivity contribution in [1.29, 1.82) is 0 Å². The second-order valence-corrected chi connectivity index (χ2v) is 7.01. The maximum atomic E-state index is 12.6. The van der Waals surface area contributed by atoms with Gasteiger partial charge in [0.2, 0.25) is 5.91 Å². The highest BCUT2D eigenvalue weighted by atomic mass is 16.2. The van der Waals surface area contributed by atoms with E-state index in [2.05, 4.69) is 32.0 Å². The lowest BCUT2D eigenvalue weighted by atomic mass is 10.2. The lowest BCUT2D eigenvalue weighted by molar-refractivity contribution is -0.135. The number of carbonyl (C=O) groups is 1. The van der Waals surface area contributed by atoms with Gasteiger partial charge in [-0.2, -0.15) is 0 Å². The number of aliphatic imine (C=N–C) groups is 1. The summed E-state index contributed by atoms with van der Waals surface area (Å²) < 4.78 is 2.05. The van der Waals surface area contributed by atoms with Gasteiger partial charge < -0.3 is 19.7 Å². The van der Waals surface area contributed by atoms with Gasteiger partial charge in [0.25, 0.3) is 0 Å². The molecule has 3 rings (SSSR count). The molecule has 1 unspecified atom stereocenters. The van der Waals surface area contributed by atoms with Crippen molar-refractivity contribution in [3.8, 4) is 0 Å². The van der Waals surface area contributed by atoms with Crippen molar-refractivity contribution in [2.24, 2.45) is 4.99 Å². The molecule has 26 heavy (non-hydrogen) atoms. The van der Waals surface area contributed by atoms with Gasteiger partial charge in [-0.05, 0) is 19.8 Å². The van der Waals surface area contributed by atoms with E-state index >= 15 is 0 Å². The van der Waals surface area contributed by atoms with Crippen LogP contribution in [0, 0.1) is 0 Å². The molecular formula is C18H31N7O. The van der Waals surface area contributed by atoms with E-state index in [1.807, 2.05) is 29.0 Å². The van der Waals surface area contributed by atoms with Gasteiger partial charge in [0.1, 0.15) is 0 Å². The molecule has 0 aliphatic carbocycles. The van der Waals surface area contributed by atoms with E-state index in [4.69, 9.17) is 0 Å². The van der Waals surface area contributed by atoms with Gasteiger partial charge in [-0.1, -0.05) is 0 Å². The molecule has 144 valence electrons. The van der Waals surface area contributed by atoms with Crippen LogP contribution in [-0.4, -0.2) is 95.0 Å². The number of piperazine rings is 1. The van der Waals surface area contributed by atoms with Crippen molar-refractivity contribution in [2.75, 3.05) is 52.9 Å². The fourth-order valence-corrected chi connectivity index (χ4v) is 3.73. The average molecular weight is 361 g/mol. The molecular weight excluding hydrogens is 330 g/mol. The number of guanidine groups is 1. The summed E-state index contributed by atoms with van der Waals surface area (Å²) in [7, 11) is 1.82. The Labute approximate surface area is 155 Å². The predicted molar refractivity (Wildman–Crippen MR) is 102 cm³/mol. The summed E-state index contributed by atoms with van der Waals surface area (Å²) in [6, 6.07) is -0.0218. The van der Waals surface area contributed by atoms with Crippen molar-refractivity contribution in [2.45, 2.75) is 32.4 Å². The Morgan fingerprint density at radius 3 is 2.50 bits per heavy atom. The fraction of sp³-hybridized carbons (Fsp3) is 0.722. The fourth-order valence-electron chi connectivity index (χ4n) is 3.73. The predicted octanol–water partition coefficient (Wildman–Crippen LogP) is 0.0870. The summed E-state index contributed by atoms with van der Waals surface area (Å²) in [4.78, 5) is 27.7. The number of amides is 1. The maximum absolute atomic E-state index is 12.6. The summed E-state index contributed by atoms with van der Waals surface area (Å²) in [6.45, 7) is 9.14. The number of carbonyl (C=O) groups excluding carboxylic acids is 1. The molecule has 2 saturated heterocycles. The van der Waals surface area contributed by atoms with Crippen LogP contribution in [0.1, 0.15) is 19.8 Å². The third-order valence-electron chi connectivity index (χ3n) is 5.36. The molecule has 2 aliphatic rings. The second-order valence-electron chi connectivity index (χ2n) is 7.01. The van der Waals surface area contributed by atoms with Crippen molar-refractivity contribution in [3.05, 3.63) is 18.7 Å². The van der Waals surface area contributed by atoms with Gasteiger partial charge in [0.05, 0.1) is 12.4 Å². The van der Waals surface area contributed by atoms with E-state index in [9.17, 15) is 4.79 Å². The van der Waals surface area contributed by atoms with Crippen LogP contribution in [0.25, 0.3) is 0 Å². The second kappa shape index (κ2) is 9.02. The van der Waals surface area contributed by atoms with E-state index < -0.39 is 0 Å². The largest absolute Gasteiger partial charge is 0.354 e. The Morgan fingerprint density at radius 1 is 1.15 bits per heavy atom. The van der Waals surface area contributed by atoms with Gasteiger partial charge in [-0.25, -0.2) is 4.98 Å². The minimum atomic E-state index is -0.0218. The first-order valence-electron chi connectivity index (χ1n) is 9.63. The number of rotatable bonds is 5. The van der Waals surface area contributed by atoms with E-state index in [1.54, 1.807) is 6.20 Å².